The second-order valence-corrected chi connectivity index (χ2v) is 24.5. The first-order chi connectivity index (χ1) is 27.6. The first-order valence-electron chi connectivity index (χ1n) is 22.5. The Labute approximate surface area is 347 Å². The van der Waals surface area contributed by atoms with Gasteiger partial charge in [-0.2, -0.15) is 0 Å². The minimum atomic E-state index is -2.30. The minimum absolute atomic E-state index is 0.0262. The minimum Gasteiger partial charge on any atom is -0.497 e. The maximum Gasteiger partial charge on any atom is 0.302 e. The first kappa shape index (κ1) is 41.9. The number of carbonyl (C=O) groups excluding carboxylic acids is 3. The molecular weight excluding hydrogens is 749 g/mol. The van der Waals surface area contributed by atoms with Crippen LogP contribution < -0.4 is 4.74 Å². The molecule has 1 aromatic rings. The van der Waals surface area contributed by atoms with Gasteiger partial charge in [-0.05, 0) is 114 Å². The van der Waals surface area contributed by atoms with Gasteiger partial charge in [-0.1, -0.05) is 56.7 Å². The molecule has 0 aromatic heterocycles. The first-order valence-corrected chi connectivity index (χ1v) is 25.0. The summed E-state index contributed by atoms with van der Waals surface area (Å²) in [6.45, 7) is 20.6. The molecule has 5 saturated carbocycles. The molecule has 1 unspecified atom stereocenters. The average molecular weight is 817 g/mol. The lowest BCUT2D eigenvalue weighted by Gasteiger charge is -2.57. The highest BCUT2D eigenvalue weighted by molar-refractivity contribution is 6.73. The molecule has 6 fully saturated rings. The molecule has 6 aliphatic carbocycles. The van der Waals surface area contributed by atoms with Crippen LogP contribution in [0.15, 0.2) is 48.1 Å². The van der Waals surface area contributed by atoms with Crippen LogP contribution in [0.5, 0.6) is 5.75 Å². The zero-order valence-electron chi connectivity index (χ0n) is 36.5. The Hall–Kier alpha value is -2.79. The summed E-state index contributed by atoms with van der Waals surface area (Å²) in [6.07, 6.45) is 8.53. The van der Waals surface area contributed by atoms with E-state index in [0.29, 0.717) is 0 Å². The van der Waals surface area contributed by atoms with Crippen LogP contribution in [0.3, 0.4) is 0 Å². The smallest absolute Gasteiger partial charge is 0.302 e. The van der Waals surface area contributed by atoms with E-state index in [4.69, 9.17) is 28.1 Å². The average Bonchev–Trinajstić information content (AvgIpc) is 4.00. The summed E-state index contributed by atoms with van der Waals surface area (Å²) in [6, 6.07) is 10.8. The summed E-state index contributed by atoms with van der Waals surface area (Å²) in [5, 5.41) is 0. The highest BCUT2D eigenvalue weighted by Gasteiger charge is 2.86. The predicted octanol–water partition coefficient (Wildman–Crippen LogP) is 9.70. The van der Waals surface area contributed by atoms with E-state index < -0.39 is 42.6 Å². The van der Waals surface area contributed by atoms with Gasteiger partial charge in [-0.25, -0.2) is 0 Å². The fourth-order valence-electron chi connectivity index (χ4n) is 14.7. The third kappa shape index (κ3) is 5.87. The van der Waals surface area contributed by atoms with E-state index in [2.05, 4.69) is 54.2 Å². The van der Waals surface area contributed by atoms with Crippen LogP contribution in [0, 0.1) is 51.8 Å². The number of hydrogen-bond acceptors (Lipinski definition) is 9. The molecule has 1 aromatic carbocycles. The topological polar surface area (TPSA) is 107 Å². The monoisotopic (exact) mass is 816 g/mol. The predicted molar refractivity (Wildman–Crippen MR) is 223 cm³/mol. The highest BCUT2D eigenvalue weighted by Crippen LogP contribution is 2.82. The number of hydrogen-bond donors (Lipinski definition) is 0. The van der Waals surface area contributed by atoms with Gasteiger partial charge in [-0.15, -0.1) is 0 Å². The Morgan fingerprint density at radius 2 is 1.57 bits per heavy atom. The molecular formula is C48H68O9Si. The summed E-state index contributed by atoms with van der Waals surface area (Å²) >= 11 is 0. The van der Waals surface area contributed by atoms with Gasteiger partial charge in [-0.3, -0.25) is 9.59 Å². The molecule has 8 rings (SSSR count). The van der Waals surface area contributed by atoms with Crippen molar-refractivity contribution in [3.05, 3.63) is 53.6 Å². The van der Waals surface area contributed by atoms with Gasteiger partial charge in [0.2, 0.25) is 0 Å². The largest absolute Gasteiger partial charge is 0.497 e. The van der Waals surface area contributed by atoms with Crippen molar-refractivity contribution in [1.29, 1.82) is 0 Å². The van der Waals surface area contributed by atoms with E-state index in [1.807, 2.05) is 24.3 Å². The summed E-state index contributed by atoms with van der Waals surface area (Å²) in [5.74, 6) is 0.537. The third-order valence-electron chi connectivity index (χ3n) is 17.4. The Kier molecular flexibility index (Phi) is 10.8. The third-order valence-corrected chi connectivity index (χ3v) is 22.0. The number of aldehydes is 1. The fourth-order valence-corrected chi connectivity index (χ4v) is 17.7. The molecule has 1 spiro atoms. The van der Waals surface area contributed by atoms with Crippen LogP contribution >= 0.6 is 0 Å². The molecule has 58 heavy (non-hydrogen) atoms. The molecule has 0 amide bonds. The molecule has 318 valence electrons. The van der Waals surface area contributed by atoms with Gasteiger partial charge < -0.3 is 32.9 Å². The number of rotatable bonds is 12. The summed E-state index contributed by atoms with van der Waals surface area (Å²) < 4.78 is 40.6. The van der Waals surface area contributed by atoms with Crippen LogP contribution in [-0.2, 0) is 37.8 Å². The molecule has 1 aliphatic heterocycles. The molecule has 2 bridgehead atoms. The summed E-state index contributed by atoms with van der Waals surface area (Å²) in [4.78, 5) is 41.0. The lowest BCUT2D eigenvalue weighted by molar-refractivity contribution is -0.324. The van der Waals surface area contributed by atoms with Crippen molar-refractivity contribution >= 4 is 26.5 Å². The summed E-state index contributed by atoms with van der Waals surface area (Å²) in [5.41, 5.74) is 0.400. The van der Waals surface area contributed by atoms with Crippen molar-refractivity contribution in [2.45, 2.75) is 161 Å². The molecule has 0 radical (unpaired) electrons. The van der Waals surface area contributed by atoms with E-state index in [0.717, 1.165) is 86.4 Å². The summed E-state index contributed by atoms with van der Waals surface area (Å²) in [7, 11) is -0.638. The van der Waals surface area contributed by atoms with Gasteiger partial charge in [0, 0.05) is 53.9 Å². The van der Waals surface area contributed by atoms with Crippen molar-refractivity contribution in [1.82, 2.24) is 0 Å². The highest BCUT2D eigenvalue weighted by atomic mass is 28.4. The number of fused-ring (bicyclic) bond motifs is 4. The van der Waals surface area contributed by atoms with E-state index in [-0.39, 0.29) is 65.8 Å². The maximum atomic E-state index is 14.7. The van der Waals surface area contributed by atoms with Gasteiger partial charge in [0.15, 0.2) is 14.6 Å². The Bertz CT molecular complexity index is 1810. The van der Waals surface area contributed by atoms with E-state index in [9.17, 15) is 14.4 Å². The Morgan fingerprint density at radius 3 is 2.17 bits per heavy atom. The molecule has 1 heterocycles. The Balaban J connectivity index is 1.31. The lowest BCUT2D eigenvalue weighted by Crippen LogP contribution is -2.63. The van der Waals surface area contributed by atoms with E-state index in [1.165, 1.54) is 25.7 Å². The maximum absolute atomic E-state index is 14.7. The van der Waals surface area contributed by atoms with Gasteiger partial charge in [0.1, 0.15) is 24.2 Å². The number of methoxy groups -OCH3 is 1. The fraction of sp³-hybridized carbons (Fsp3) is 0.729. The van der Waals surface area contributed by atoms with Crippen molar-refractivity contribution in [2.75, 3.05) is 7.11 Å². The second kappa shape index (κ2) is 15.0. The van der Waals surface area contributed by atoms with Crippen molar-refractivity contribution in [3.8, 4) is 5.75 Å². The number of allylic oxidation sites excluding steroid dienone is 1. The number of esters is 2. The van der Waals surface area contributed by atoms with Gasteiger partial charge in [0.25, 0.3) is 0 Å². The standard InChI is InChI=1S/C48H68O9Si/c1-11-58(12-2,13-3)57-41-36-21-19-34(35-20-18-33(28(4)5)40(35)53-29(6)50)37(36)26-46(27-49)39-23-25-48(41,46)44(54-30(7)51)47(39)24-22-38-42(47)55-43(56-45(38,8)9)31-14-16-32(52-10)17-15-31/h14-17,26-27,33-36,38-44H,4,11-13,18-25H2,1-3,5-10H3/t33-,34-,35+,36+,38+,39-,40+,41-,42-,43?,44-,46-,47+,48+/m0/s1. The van der Waals surface area contributed by atoms with Crippen LogP contribution in [-0.4, -0.2) is 63.7 Å². The second-order valence-electron chi connectivity index (χ2n) is 19.8. The lowest BCUT2D eigenvalue weighted by atomic mass is 9.55. The SMILES string of the molecule is C=C(C)[C@@H]1CC[C@H]([C@@H]2CC[C@@H]3C2=C[C@]2(C=O)[C@@H]4CC[C@@]2([C@H]3O[Si](CC)(CC)CC)[C@@H](OC(C)=O)[C@]42CC[C@@H]3[C@@H]2OC(c2ccc(OC)cc2)OC3(C)C)[C@@H]1OC(C)=O. The zero-order chi connectivity index (χ0) is 41.6. The van der Waals surface area contributed by atoms with Crippen molar-refractivity contribution in [2.24, 2.45) is 51.8 Å². The Morgan fingerprint density at radius 1 is 0.897 bits per heavy atom. The quantitative estimate of drug-likeness (QED) is 0.0883. The number of ether oxygens (including phenoxy) is 5. The normalized spacial score (nSPS) is 42.0. The number of benzene rings is 1. The van der Waals surface area contributed by atoms with E-state index in [1.54, 1.807) is 7.11 Å². The molecule has 9 nitrogen and oxygen atoms in total. The molecule has 7 aliphatic rings. The van der Waals surface area contributed by atoms with Gasteiger partial charge in [0.05, 0.1) is 30.3 Å². The molecule has 0 N–H and O–H groups in total. The van der Waals surface area contributed by atoms with Crippen molar-refractivity contribution in [3.63, 3.8) is 0 Å². The number of carbonyl (C=O) groups is 3. The van der Waals surface area contributed by atoms with Crippen LogP contribution in [0.4, 0.5) is 0 Å². The van der Waals surface area contributed by atoms with Crippen LogP contribution in [0.25, 0.3) is 0 Å². The molecule has 1 saturated heterocycles. The molecule has 14 atom stereocenters. The molecule has 10 heteroatoms. The van der Waals surface area contributed by atoms with Crippen LogP contribution in [0.2, 0.25) is 18.1 Å². The van der Waals surface area contributed by atoms with Crippen molar-refractivity contribution < 1.29 is 42.5 Å². The van der Waals surface area contributed by atoms with Gasteiger partial charge >= 0.3 is 11.9 Å². The van der Waals surface area contributed by atoms with Crippen LogP contribution in [0.1, 0.15) is 119 Å². The zero-order valence-corrected chi connectivity index (χ0v) is 37.5. The van der Waals surface area contributed by atoms with E-state index >= 15 is 0 Å².